The summed E-state index contributed by atoms with van der Waals surface area (Å²) in [5.74, 6) is 0. The van der Waals surface area contributed by atoms with Gasteiger partial charge in [-0.15, -0.1) is 0 Å². The van der Waals surface area contributed by atoms with Crippen LogP contribution in [0.15, 0.2) is 83.3 Å². The molecule has 0 amide bonds. The largest absolute Gasteiger partial charge is 0.468 e. The molecule has 0 saturated carbocycles. The fraction of sp³-hybridized carbons (Fsp3) is 0.0500. The summed E-state index contributed by atoms with van der Waals surface area (Å²) >= 11 is 0. The zero-order chi connectivity index (χ0) is 15.6. The zero-order valence-corrected chi connectivity index (χ0v) is 12.8. The van der Waals surface area contributed by atoms with E-state index < -0.39 is 0 Å². The summed E-state index contributed by atoms with van der Waals surface area (Å²) in [6.07, 6.45) is 3.43. The molecule has 3 nitrogen and oxygen atoms in total. The molecular formula is C20H16N2O. The fourth-order valence-corrected chi connectivity index (χ4v) is 2.70. The van der Waals surface area contributed by atoms with Crippen molar-refractivity contribution in [2.45, 2.75) is 0 Å². The van der Waals surface area contributed by atoms with E-state index in [2.05, 4.69) is 18.5 Å². The van der Waals surface area contributed by atoms with Crippen molar-refractivity contribution in [3.8, 4) is 5.69 Å². The number of hydrogen-bond acceptors (Lipinski definition) is 1. The second-order valence-electron chi connectivity index (χ2n) is 5.37. The Bertz CT molecular complexity index is 1030. The molecule has 4 aromatic rings. The molecule has 0 atom stereocenters. The lowest BCUT2D eigenvalue weighted by atomic mass is 10.2. The highest BCUT2D eigenvalue weighted by Crippen LogP contribution is 2.19. The minimum absolute atomic E-state index is 0.810. The van der Waals surface area contributed by atoms with Crippen molar-refractivity contribution in [1.29, 1.82) is 0 Å². The van der Waals surface area contributed by atoms with Crippen LogP contribution >= 0.6 is 0 Å². The standard InChI is InChI=1S/C20H16N2O/c1-21-15-22(16-9-3-2-4-10-16)18-12-6-8-14-20(18)23-19-13-7-5-11-17(19)21/h2-14H,1H3. The van der Waals surface area contributed by atoms with Crippen LogP contribution in [-0.4, -0.2) is 4.57 Å². The molecule has 0 spiro atoms. The molecule has 0 radical (unpaired) electrons. The van der Waals surface area contributed by atoms with Gasteiger partial charge in [0.15, 0.2) is 0 Å². The summed E-state index contributed by atoms with van der Waals surface area (Å²) in [6.45, 7) is 0. The Balaban J connectivity index is 2.22. The van der Waals surface area contributed by atoms with Crippen LogP contribution in [-0.2, 0) is 7.05 Å². The van der Waals surface area contributed by atoms with Crippen molar-refractivity contribution < 1.29 is 8.98 Å². The Kier molecular flexibility index (Phi) is 3.31. The van der Waals surface area contributed by atoms with Crippen LogP contribution in [0.25, 0.3) is 27.9 Å². The molecule has 1 heterocycles. The second kappa shape index (κ2) is 5.61. The van der Waals surface area contributed by atoms with E-state index in [0.717, 1.165) is 27.9 Å². The molecule has 0 N–H and O–H groups in total. The predicted octanol–water partition coefficient (Wildman–Crippen LogP) is 4.13. The molecule has 23 heavy (non-hydrogen) atoms. The topological polar surface area (TPSA) is 21.9 Å². The fourth-order valence-electron chi connectivity index (χ4n) is 2.70. The van der Waals surface area contributed by atoms with Gasteiger partial charge in [-0.1, -0.05) is 66.7 Å². The smallest absolute Gasteiger partial charge is 0.245 e. The van der Waals surface area contributed by atoms with E-state index in [0.29, 0.717) is 0 Å². The van der Waals surface area contributed by atoms with Gasteiger partial charge in [-0.05, 0) is 12.1 Å². The van der Waals surface area contributed by atoms with Gasteiger partial charge in [0.25, 0.3) is 0 Å². The third-order valence-electron chi connectivity index (χ3n) is 3.82. The first-order chi connectivity index (χ1) is 11.3. The molecule has 0 bridgehead atoms. The number of benzene rings is 3. The summed E-state index contributed by atoms with van der Waals surface area (Å²) in [6, 6.07) is 26.2. The molecule has 0 fully saturated rings. The summed E-state index contributed by atoms with van der Waals surface area (Å²) in [4.78, 5) is 0. The van der Waals surface area contributed by atoms with E-state index in [1.807, 2.05) is 82.9 Å². The number of nitrogens with zero attached hydrogens (tertiary/aromatic N) is 2. The Morgan fingerprint density at radius 1 is 0.783 bits per heavy atom. The number of para-hydroxylation sites is 5. The molecule has 0 aliphatic rings. The lowest BCUT2D eigenvalue weighted by Crippen LogP contribution is -2.30. The van der Waals surface area contributed by atoms with Gasteiger partial charge in [0.1, 0.15) is 11.2 Å². The van der Waals surface area contributed by atoms with Crippen molar-refractivity contribution in [3.05, 3.63) is 85.2 Å². The van der Waals surface area contributed by atoms with E-state index in [1.54, 1.807) is 0 Å². The van der Waals surface area contributed by atoms with E-state index in [4.69, 9.17) is 4.42 Å². The average Bonchev–Trinajstić information content (AvgIpc) is 2.60. The van der Waals surface area contributed by atoms with Gasteiger partial charge >= 0.3 is 0 Å². The van der Waals surface area contributed by atoms with Crippen molar-refractivity contribution >= 4 is 22.2 Å². The van der Waals surface area contributed by atoms with Gasteiger partial charge in [-0.2, -0.15) is 0 Å². The molecule has 3 aromatic carbocycles. The van der Waals surface area contributed by atoms with Gasteiger partial charge in [0.05, 0.1) is 23.8 Å². The minimum atomic E-state index is 0.810. The second-order valence-corrected chi connectivity index (χ2v) is 5.37. The molecule has 112 valence electrons. The van der Waals surface area contributed by atoms with E-state index >= 15 is 0 Å². The van der Waals surface area contributed by atoms with Crippen LogP contribution in [0.3, 0.4) is 0 Å². The van der Waals surface area contributed by atoms with Gasteiger partial charge in [0.2, 0.25) is 6.33 Å². The van der Waals surface area contributed by atoms with Gasteiger partial charge < -0.3 is 13.6 Å². The maximum Gasteiger partial charge on any atom is 0.245 e. The third kappa shape index (κ3) is 2.46. The summed E-state index contributed by atoms with van der Waals surface area (Å²) in [5.41, 5.74) is 4.60. The molecule has 0 aliphatic heterocycles. The number of aryl methyl sites for hydroxylation is 1. The van der Waals surface area contributed by atoms with Crippen LogP contribution < -0.4 is 4.57 Å². The monoisotopic (exact) mass is 300 g/mol. The molecule has 0 unspecified atom stereocenters. The first-order valence-corrected chi connectivity index (χ1v) is 7.54. The number of rotatable bonds is 1. The Morgan fingerprint density at radius 3 is 2.26 bits per heavy atom. The number of aromatic nitrogens is 2. The Labute approximate surface area is 134 Å². The van der Waals surface area contributed by atoms with Crippen LogP contribution in [0.5, 0.6) is 0 Å². The summed E-state index contributed by atoms with van der Waals surface area (Å²) in [7, 11) is 1.98. The van der Waals surface area contributed by atoms with E-state index in [1.165, 1.54) is 0 Å². The van der Waals surface area contributed by atoms with Crippen molar-refractivity contribution in [3.63, 3.8) is 0 Å². The first-order valence-electron chi connectivity index (χ1n) is 7.54. The quantitative estimate of drug-likeness (QED) is 0.383. The number of hydrogen-bond donors (Lipinski definition) is 0. The van der Waals surface area contributed by atoms with Crippen LogP contribution in [0.2, 0.25) is 0 Å². The summed E-state index contributed by atoms with van der Waals surface area (Å²) < 4.78 is 10.2. The molecule has 0 saturated heterocycles. The Hall–Kier alpha value is -3.07. The van der Waals surface area contributed by atoms with Gasteiger partial charge in [-0.25, -0.2) is 0 Å². The first kappa shape index (κ1) is 13.6. The van der Waals surface area contributed by atoms with Gasteiger partial charge in [-0.3, -0.25) is 0 Å². The third-order valence-corrected chi connectivity index (χ3v) is 3.82. The van der Waals surface area contributed by atoms with Crippen molar-refractivity contribution in [2.75, 3.05) is 0 Å². The van der Waals surface area contributed by atoms with Crippen LogP contribution in [0.1, 0.15) is 0 Å². The van der Waals surface area contributed by atoms with Crippen molar-refractivity contribution in [2.24, 2.45) is 7.05 Å². The molecule has 0 aliphatic carbocycles. The van der Waals surface area contributed by atoms with Crippen molar-refractivity contribution in [1.82, 2.24) is 4.57 Å². The molecular weight excluding hydrogens is 284 g/mol. The highest BCUT2D eigenvalue weighted by atomic mass is 16.3. The molecule has 1 aromatic heterocycles. The lowest BCUT2D eigenvalue weighted by Gasteiger charge is -2.11. The maximum atomic E-state index is 6.18. The summed E-state index contributed by atoms with van der Waals surface area (Å²) in [5, 5.41) is 0. The van der Waals surface area contributed by atoms with E-state index in [9.17, 15) is 0 Å². The van der Waals surface area contributed by atoms with Gasteiger partial charge in [0, 0.05) is 0 Å². The molecule has 4 rings (SSSR count). The highest BCUT2D eigenvalue weighted by Gasteiger charge is 2.04. The Morgan fingerprint density at radius 2 is 1.43 bits per heavy atom. The minimum Gasteiger partial charge on any atom is -0.468 e. The average molecular weight is 300 g/mol. The lowest BCUT2D eigenvalue weighted by molar-refractivity contribution is -0.652. The SMILES string of the molecule is C[n+]1[c-]n(-c2ccccc2)c2ccccc2oc2ccccc21. The maximum absolute atomic E-state index is 6.18. The highest BCUT2D eigenvalue weighted by molar-refractivity contribution is 5.77. The zero-order valence-electron chi connectivity index (χ0n) is 12.8. The molecule has 3 heteroatoms. The normalized spacial score (nSPS) is 10.8. The number of fused-ring (bicyclic) bond motifs is 2. The van der Waals surface area contributed by atoms with Crippen LogP contribution in [0, 0.1) is 6.33 Å². The van der Waals surface area contributed by atoms with E-state index in [-0.39, 0.29) is 0 Å². The predicted molar refractivity (Wildman–Crippen MR) is 90.7 cm³/mol. The van der Waals surface area contributed by atoms with Crippen LogP contribution in [0.4, 0.5) is 0 Å².